The summed E-state index contributed by atoms with van der Waals surface area (Å²) < 4.78 is 0. The van der Waals surface area contributed by atoms with Crippen LogP contribution in [0.2, 0.25) is 0 Å². The highest BCUT2D eigenvalue weighted by Crippen LogP contribution is 2.22. The molecule has 2 atom stereocenters. The summed E-state index contributed by atoms with van der Waals surface area (Å²) in [7, 11) is 0. The van der Waals surface area contributed by atoms with Crippen LogP contribution in [-0.2, 0) is 20.8 Å². The molecule has 0 aliphatic carbocycles. The van der Waals surface area contributed by atoms with Crippen molar-refractivity contribution in [3.8, 4) is 0 Å². The Hall–Kier alpha value is -3.15. The topological polar surface area (TPSA) is 86.7 Å². The van der Waals surface area contributed by atoms with Gasteiger partial charge in [-0.2, -0.15) is 0 Å². The Bertz CT molecular complexity index is 793. The first-order valence-electron chi connectivity index (χ1n) is 9.25. The van der Waals surface area contributed by atoms with Crippen LogP contribution in [0.25, 0.3) is 0 Å². The molecule has 28 heavy (non-hydrogen) atoms. The summed E-state index contributed by atoms with van der Waals surface area (Å²) in [5.74, 6) is -2.39. The van der Waals surface area contributed by atoms with Crippen molar-refractivity contribution >= 4 is 17.8 Å². The minimum Gasteiger partial charge on any atom is -0.481 e. The molecule has 2 rings (SSSR count). The Morgan fingerprint density at radius 2 is 1.57 bits per heavy atom. The van der Waals surface area contributed by atoms with Gasteiger partial charge in [-0.05, 0) is 24.5 Å². The van der Waals surface area contributed by atoms with Crippen molar-refractivity contribution in [2.75, 3.05) is 13.1 Å². The van der Waals surface area contributed by atoms with Crippen LogP contribution in [-0.4, -0.2) is 40.9 Å². The van der Waals surface area contributed by atoms with Crippen molar-refractivity contribution in [2.45, 2.75) is 26.3 Å². The smallest absolute Gasteiger partial charge is 0.308 e. The Kier molecular flexibility index (Phi) is 7.75. The quantitative estimate of drug-likeness (QED) is 0.698. The number of benzene rings is 2. The third-order valence-corrected chi connectivity index (χ3v) is 4.66. The summed E-state index contributed by atoms with van der Waals surface area (Å²) in [5.41, 5.74) is 1.79. The van der Waals surface area contributed by atoms with Crippen molar-refractivity contribution < 1.29 is 19.5 Å². The first-order valence-corrected chi connectivity index (χ1v) is 9.25. The normalized spacial score (nSPS) is 12.6. The number of hydrogen-bond donors (Lipinski definition) is 2. The van der Waals surface area contributed by atoms with E-state index >= 15 is 0 Å². The van der Waals surface area contributed by atoms with Crippen LogP contribution in [0.1, 0.15) is 31.0 Å². The van der Waals surface area contributed by atoms with Crippen molar-refractivity contribution in [1.29, 1.82) is 0 Å². The second kappa shape index (κ2) is 10.3. The van der Waals surface area contributed by atoms with Gasteiger partial charge < -0.3 is 15.3 Å². The Morgan fingerprint density at radius 1 is 1.00 bits per heavy atom. The maximum atomic E-state index is 12.6. The molecule has 0 heterocycles. The number of carbonyl (C=O) groups excluding carboxylic acids is 2. The number of nitrogens with one attached hydrogen (secondary N) is 1. The van der Waals surface area contributed by atoms with Gasteiger partial charge in [0.2, 0.25) is 11.8 Å². The molecule has 2 amide bonds. The lowest BCUT2D eigenvalue weighted by molar-refractivity contribution is -0.143. The molecule has 6 heteroatoms. The highest BCUT2D eigenvalue weighted by molar-refractivity contribution is 5.84. The summed E-state index contributed by atoms with van der Waals surface area (Å²) >= 11 is 0. The van der Waals surface area contributed by atoms with Gasteiger partial charge in [-0.15, -0.1) is 0 Å². The molecular formula is C22H26N2O4. The largest absolute Gasteiger partial charge is 0.481 e. The molecule has 2 unspecified atom stereocenters. The molecule has 148 valence electrons. The molecule has 0 aliphatic heterocycles. The number of rotatable bonds is 9. The first-order chi connectivity index (χ1) is 13.4. The molecule has 2 N–H and O–H groups in total. The van der Waals surface area contributed by atoms with Crippen LogP contribution >= 0.6 is 0 Å². The van der Waals surface area contributed by atoms with E-state index in [1.165, 1.54) is 11.8 Å². The van der Waals surface area contributed by atoms with Gasteiger partial charge >= 0.3 is 5.97 Å². The number of carbonyl (C=O) groups is 3. The van der Waals surface area contributed by atoms with E-state index in [1.807, 2.05) is 36.4 Å². The Balaban J connectivity index is 2.04. The van der Waals surface area contributed by atoms with E-state index in [9.17, 15) is 19.5 Å². The number of carboxylic acids is 1. The average Bonchev–Trinajstić information content (AvgIpc) is 2.70. The van der Waals surface area contributed by atoms with E-state index < -0.39 is 17.9 Å². The third-order valence-electron chi connectivity index (χ3n) is 4.66. The van der Waals surface area contributed by atoms with Crippen LogP contribution in [0.15, 0.2) is 60.7 Å². The van der Waals surface area contributed by atoms with Crippen LogP contribution in [0.5, 0.6) is 0 Å². The fourth-order valence-corrected chi connectivity index (χ4v) is 2.95. The number of nitrogens with zero attached hydrogens (tertiary/aromatic N) is 1. The maximum Gasteiger partial charge on any atom is 0.308 e. The lowest BCUT2D eigenvalue weighted by Gasteiger charge is -2.26. The van der Waals surface area contributed by atoms with Gasteiger partial charge in [0.15, 0.2) is 0 Å². The molecule has 2 aromatic rings. The lowest BCUT2D eigenvalue weighted by Crippen LogP contribution is -2.43. The zero-order chi connectivity index (χ0) is 20.5. The van der Waals surface area contributed by atoms with Crippen LogP contribution in [0, 0.1) is 5.92 Å². The van der Waals surface area contributed by atoms with E-state index in [2.05, 4.69) is 5.32 Å². The average molecular weight is 382 g/mol. The van der Waals surface area contributed by atoms with E-state index in [4.69, 9.17) is 0 Å². The molecule has 0 saturated heterocycles. The summed E-state index contributed by atoms with van der Waals surface area (Å²) in [5, 5.41) is 12.2. The fourth-order valence-electron chi connectivity index (χ4n) is 2.95. The molecule has 0 bridgehead atoms. The molecule has 0 aromatic heterocycles. The van der Waals surface area contributed by atoms with Crippen molar-refractivity contribution in [3.05, 3.63) is 71.8 Å². The SMILES string of the molecule is CC(=O)N(CCc1ccccc1)CC(=O)NC(c1ccccc1)C(C)C(=O)O. The number of hydrogen-bond acceptors (Lipinski definition) is 3. The zero-order valence-electron chi connectivity index (χ0n) is 16.2. The minimum absolute atomic E-state index is 0.113. The molecule has 0 aliphatic rings. The number of aliphatic carboxylic acids is 1. The maximum absolute atomic E-state index is 12.6. The first kappa shape index (κ1) is 21.2. The highest BCUT2D eigenvalue weighted by Gasteiger charge is 2.27. The molecule has 6 nitrogen and oxygen atoms in total. The highest BCUT2D eigenvalue weighted by atomic mass is 16.4. The Morgan fingerprint density at radius 3 is 2.11 bits per heavy atom. The second-order valence-electron chi connectivity index (χ2n) is 6.76. The van der Waals surface area contributed by atoms with Crippen LogP contribution in [0.3, 0.4) is 0 Å². The zero-order valence-corrected chi connectivity index (χ0v) is 16.2. The summed E-state index contributed by atoms with van der Waals surface area (Å²) in [6, 6.07) is 18.0. The molecule has 0 spiro atoms. The van der Waals surface area contributed by atoms with Crippen molar-refractivity contribution in [2.24, 2.45) is 5.92 Å². The monoisotopic (exact) mass is 382 g/mol. The third kappa shape index (κ3) is 6.23. The van der Waals surface area contributed by atoms with Gasteiger partial charge in [-0.3, -0.25) is 14.4 Å². The van der Waals surface area contributed by atoms with Gasteiger partial charge in [0.25, 0.3) is 0 Å². The van der Waals surface area contributed by atoms with Crippen molar-refractivity contribution in [3.63, 3.8) is 0 Å². The van der Waals surface area contributed by atoms with Gasteiger partial charge in [0.1, 0.15) is 0 Å². The predicted octanol–water partition coefficient (Wildman–Crippen LogP) is 2.66. The van der Waals surface area contributed by atoms with E-state index in [0.29, 0.717) is 18.5 Å². The molecule has 0 saturated carbocycles. The van der Waals surface area contributed by atoms with E-state index in [0.717, 1.165) is 5.56 Å². The molecule has 0 radical (unpaired) electrons. The predicted molar refractivity (Wildman–Crippen MR) is 107 cm³/mol. The standard InChI is InChI=1S/C22H26N2O4/c1-16(22(27)28)21(19-11-7-4-8-12-19)23-20(26)15-24(17(2)25)14-13-18-9-5-3-6-10-18/h3-12,16,21H,13-15H2,1-2H3,(H,23,26)(H,27,28). The van der Waals surface area contributed by atoms with E-state index in [1.54, 1.807) is 31.2 Å². The van der Waals surface area contributed by atoms with Gasteiger partial charge in [-0.25, -0.2) is 0 Å². The van der Waals surface area contributed by atoms with Crippen LogP contribution < -0.4 is 5.32 Å². The lowest BCUT2D eigenvalue weighted by atomic mass is 9.94. The Labute approximate surface area is 165 Å². The molecule has 2 aromatic carbocycles. The van der Waals surface area contributed by atoms with E-state index in [-0.39, 0.29) is 18.4 Å². The number of amides is 2. The summed E-state index contributed by atoms with van der Waals surface area (Å²) in [4.78, 5) is 37.5. The molecule has 0 fully saturated rings. The fraction of sp³-hybridized carbons (Fsp3) is 0.318. The second-order valence-corrected chi connectivity index (χ2v) is 6.76. The minimum atomic E-state index is -0.998. The summed E-state index contributed by atoms with van der Waals surface area (Å²) in [6.07, 6.45) is 0.640. The molecular weight excluding hydrogens is 356 g/mol. The van der Waals surface area contributed by atoms with Gasteiger partial charge in [0.05, 0.1) is 18.5 Å². The van der Waals surface area contributed by atoms with Gasteiger partial charge in [0, 0.05) is 13.5 Å². The summed E-state index contributed by atoms with van der Waals surface area (Å²) in [6.45, 7) is 3.28. The number of carboxylic acid groups (broad SMARTS) is 1. The van der Waals surface area contributed by atoms with Crippen molar-refractivity contribution in [1.82, 2.24) is 10.2 Å². The van der Waals surface area contributed by atoms with Gasteiger partial charge in [-0.1, -0.05) is 60.7 Å². The van der Waals surface area contributed by atoms with Crippen LogP contribution in [0.4, 0.5) is 0 Å².